The van der Waals surface area contributed by atoms with Crippen LogP contribution in [0.2, 0.25) is 0 Å². The largest absolute Gasteiger partial charge is 0.341 e. The van der Waals surface area contributed by atoms with E-state index < -0.39 is 0 Å². The van der Waals surface area contributed by atoms with E-state index >= 15 is 0 Å². The molecular weight excluding hydrogens is 236 g/mol. The van der Waals surface area contributed by atoms with Crippen LogP contribution in [0, 0.1) is 12.3 Å². The van der Waals surface area contributed by atoms with Crippen molar-refractivity contribution in [3.05, 3.63) is 35.4 Å². The molecule has 1 amide bonds. The van der Waals surface area contributed by atoms with E-state index in [9.17, 15) is 4.79 Å². The lowest BCUT2D eigenvalue weighted by Gasteiger charge is -2.36. The number of piperidine rings is 1. The van der Waals surface area contributed by atoms with Crippen molar-refractivity contribution in [2.45, 2.75) is 33.2 Å². The number of benzene rings is 1. The summed E-state index contributed by atoms with van der Waals surface area (Å²) in [6.45, 7) is 6.68. The maximum absolute atomic E-state index is 12.6. The Hall–Kier alpha value is -1.35. The molecule has 2 rings (SSSR count). The Labute approximate surface area is 116 Å². The zero-order chi connectivity index (χ0) is 13.9. The molecule has 1 fully saturated rings. The van der Waals surface area contributed by atoms with Gasteiger partial charge in [0.1, 0.15) is 0 Å². The van der Waals surface area contributed by atoms with Gasteiger partial charge in [-0.2, -0.15) is 0 Å². The lowest BCUT2D eigenvalue weighted by atomic mass is 9.81. The smallest absolute Gasteiger partial charge is 0.229 e. The van der Waals surface area contributed by atoms with Crippen LogP contribution in [-0.4, -0.2) is 30.9 Å². The van der Waals surface area contributed by atoms with Gasteiger partial charge >= 0.3 is 0 Å². The standard InChI is InChI=1S/C16H24N2O/c1-13-6-4-7-14(10-13)11-18(3)15(19)16(2)8-5-9-17-12-16/h4,6-7,10,17H,5,8-9,11-12H2,1-3H3. The SMILES string of the molecule is Cc1cccc(CN(C)C(=O)C2(C)CCCNC2)c1. The molecule has 1 heterocycles. The molecule has 0 aliphatic carbocycles. The quantitative estimate of drug-likeness (QED) is 0.904. The molecule has 1 saturated heterocycles. The summed E-state index contributed by atoms with van der Waals surface area (Å²) < 4.78 is 0. The van der Waals surface area contributed by atoms with Crippen molar-refractivity contribution >= 4 is 5.91 Å². The summed E-state index contributed by atoms with van der Waals surface area (Å²) in [6, 6.07) is 8.36. The summed E-state index contributed by atoms with van der Waals surface area (Å²) in [6.07, 6.45) is 2.07. The third kappa shape index (κ3) is 3.35. The number of nitrogens with one attached hydrogen (secondary N) is 1. The second-order valence-electron chi connectivity index (χ2n) is 5.99. The van der Waals surface area contributed by atoms with Gasteiger partial charge in [-0.1, -0.05) is 29.8 Å². The molecule has 1 atom stereocenters. The molecule has 1 aromatic carbocycles. The van der Waals surface area contributed by atoms with Crippen LogP contribution in [0.3, 0.4) is 0 Å². The summed E-state index contributed by atoms with van der Waals surface area (Å²) in [7, 11) is 1.91. The second kappa shape index (κ2) is 5.74. The molecule has 0 bridgehead atoms. The van der Waals surface area contributed by atoms with Crippen LogP contribution in [0.5, 0.6) is 0 Å². The molecule has 1 aliphatic rings. The molecule has 0 aromatic heterocycles. The minimum atomic E-state index is -0.239. The molecule has 0 saturated carbocycles. The van der Waals surface area contributed by atoms with Crippen LogP contribution in [0.25, 0.3) is 0 Å². The number of carbonyl (C=O) groups is 1. The lowest BCUT2D eigenvalue weighted by Crippen LogP contribution is -2.48. The van der Waals surface area contributed by atoms with Gasteiger partial charge in [0.05, 0.1) is 5.41 Å². The average Bonchev–Trinajstić information content (AvgIpc) is 2.38. The monoisotopic (exact) mass is 260 g/mol. The van der Waals surface area contributed by atoms with Crippen LogP contribution >= 0.6 is 0 Å². The minimum absolute atomic E-state index is 0.239. The van der Waals surface area contributed by atoms with Crippen LogP contribution in [0.4, 0.5) is 0 Å². The highest BCUT2D eigenvalue weighted by Gasteiger charge is 2.36. The Kier molecular flexibility index (Phi) is 4.25. The lowest BCUT2D eigenvalue weighted by molar-refractivity contribution is -0.141. The fourth-order valence-corrected chi connectivity index (χ4v) is 2.86. The molecule has 3 nitrogen and oxygen atoms in total. The summed E-state index contributed by atoms with van der Waals surface area (Å²) in [4.78, 5) is 14.5. The predicted molar refractivity (Wildman–Crippen MR) is 77.9 cm³/mol. The molecule has 0 spiro atoms. The number of carbonyl (C=O) groups excluding carboxylic acids is 1. The highest BCUT2D eigenvalue weighted by Crippen LogP contribution is 2.28. The van der Waals surface area contributed by atoms with Crippen molar-refractivity contribution < 1.29 is 4.79 Å². The van der Waals surface area contributed by atoms with E-state index in [-0.39, 0.29) is 11.3 Å². The van der Waals surface area contributed by atoms with E-state index in [0.29, 0.717) is 6.54 Å². The van der Waals surface area contributed by atoms with E-state index in [1.54, 1.807) is 0 Å². The summed E-state index contributed by atoms with van der Waals surface area (Å²) in [5.41, 5.74) is 2.20. The first-order valence-electron chi connectivity index (χ1n) is 7.03. The molecular formula is C16H24N2O. The zero-order valence-electron chi connectivity index (χ0n) is 12.2. The van der Waals surface area contributed by atoms with Crippen LogP contribution < -0.4 is 5.32 Å². The van der Waals surface area contributed by atoms with Crippen molar-refractivity contribution in [2.75, 3.05) is 20.1 Å². The molecule has 19 heavy (non-hydrogen) atoms. The number of amides is 1. The molecule has 104 valence electrons. The van der Waals surface area contributed by atoms with Crippen LogP contribution in [0.15, 0.2) is 24.3 Å². The van der Waals surface area contributed by atoms with E-state index in [0.717, 1.165) is 25.9 Å². The number of rotatable bonds is 3. The van der Waals surface area contributed by atoms with Gasteiger partial charge in [-0.25, -0.2) is 0 Å². The third-order valence-corrected chi connectivity index (χ3v) is 3.96. The van der Waals surface area contributed by atoms with Gasteiger partial charge in [-0.3, -0.25) is 4.79 Å². The van der Waals surface area contributed by atoms with Crippen LogP contribution in [0.1, 0.15) is 30.9 Å². The van der Waals surface area contributed by atoms with Crippen molar-refractivity contribution in [1.29, 1.82) is 0 Å². The van der Waals surface area contributed by atoms with Crippen molar-refractivity contribution in [3.63, 3.8) is 0 Å². The number of hydrogen-bond acceptors (Lipinski definition) is 2. The Bertz CT molecular complexity index is 450. The van der Waals surface area contributed by atoms with Gasteiger partial charge in [0.2, 0.25) is 5.91 Å². The third-order valence-electron chi connectivity index (χ3n) is 3.96. The summed E-state index contributed by atoms with van der Waals surface area (Å²) in [5, 5.41) is 3.34. The topological polar surface area (TPSA) is 32.3 Å². The Balaban J connectivity index is 2.03. The molecule has 1 aliphatic heterocycles. The fraction of sp³-hybridized carbons (Fsp3) is 0.562. The Morgan fingerprint density at radius 1 is 1.47 bits per heavy atom. The van der Waals surface area contributed by atoms with Crippen molar-refractivity contribution in [3.8, 4) is 0 Å². The molecule has 3 heteroatoms. The van der Waals surface area contributed by atoms with Crippen LogP contribution in [-0.2, 0) is 11.3 Å². The van der Waals surface area contributed by atoms with Gasteiger partial charge < -0.3 is 10.2 Å². The average molecular weight is 260 g/mol. The minimum Gasteiger partial charge on any atom is -0.341 e. The number of nitrogens with zero attached hydrogens (tertiary/aromatic N) is 1. The van der Waals surface area contributed by atoms with Gasteiger partial charge in [-0.15, -0.1) is 0 Å². The van der Waals surface area contributed by atoms with E-state index in [2.05, 4.69) is 37.4 Å². The van der Waals surface area contributed by atoms with E-state index in [1.807, 2.05) is 18.0 Å². The number of hydrogen-bond donors (Lipinski definition) is 1. The van der Waals surface area contributed by atoms with Gasteiger partial charge in [0.15, 0.2) is 0 Å². The normalized spacial score (nSPS) is 23.1. The maximum Gasteiger partial charge on any atom is 0.229 e. The molecule has 1 aromatic rings. The van der Waals surface area contributed by atoms with Gasteiger partial charge in [-0.05, 0) is 38.8 Å². The summed E-state index contributed by atoms with van der Waals surface area (Å²) >= 11 is 0. The first-order chi connectivity index (χ1) is 9.01. The fourth-order valence-electron chi connectivity index (χ4n) is 2.86. The second-order valence-corrected chi connectivity index (χ2v) is 5.99. The van der Waals surface area contributed by atoms with Gasteiger partial charge in [0, 0.05) is 20.1 Å². The Morgan fingerprint density at radius 3 is 2.89 bits per heavy atom. The zero-order valence-corrected chi connectivity index (χ0v) is 12.2. The van der Waals surface area contributed by atoms with E-state index in [1.165, 1.54) is 11.1 Å². The van der Waals surface area contributed by atoms with Crippen molar-refractivity contribution in [2.24, 2.45) is 5.41 Å². The molecule has 1 unspecified atom stereocenters. The van der Waals surface area contributed by atoms with Crippen molar-refractivity contribution in [1.82, 2.24) is 10.2 Å². The van der Waals surface area contributed by atoms with Gasteiger partial charge in [0.25, 0.3) is 0 Å². The Morgan fingerprint density at radius 2 is 2.26 bits per heavy atom. The summed E-state index contributed by atoms with van der Waals surface area (Å²) in [5.74, 6) is 0.251. The first kappa shape index (κ1) is 14.1. The maximum atomic E-state index is 12.6. The highest BCUT2D eigenvalue weighted by atomic mass is 16.2. The molecule has 1 N–H and O–H groups in total. The molecule has 0 radical (unpaired) electrons. The highest BCUT2D eigenvalue weighted by molar-refractivity contribution is 5.82. The predicted octanol–water partition coefficient (Wildman–Crippen LogP) is 2.34. The number of aryl methyl sites for hydroxylation is 1. The van der Waals surface area contributed by atoms with E-state index in [4.69, 9.17) is 0 Å². The first-order valence-corrected chi connectivity index (χ1v) is 7.03.